The van der Waals surface area contributed by atoms with Gasteiger partial charge in [0.05, 0.1) is 17.7 Å². The van der Waals surface area contributed by atoms with Crippen LogP contribution >= 0.6 is 40.2 Å². The van der Waals surface area contributed by atoms with Gasteiger partial charge in [0.15, 0.2) is 5.65 Å². The van der Waals surface area contributed by atoms with E-state index in [9.17, 15) is 18.4 Å². The van der Waals surface area contributed by atoms with E-state index in [1.54, 1.807) is 36.5 Å². The molecule has 1 amide bonds. The van der Waals surface area contributed by atoms with E-state index in [2.05, 4.69) is 55.9 Å². The number of benzene rings is 1. The summed E-state index contributed by atoms with van der Waals surface area (Å²) in [6.45, 7) is 1.56. The van der Waals surface area contributed by atoms with Crippen molar-refractivity contribution in [1.82, 2.24) is 14.1 Å². The lowest BCUT2D eigenvalue weighted by Gasteiger charge is -2.14. The number of thioether (sulfide) groups is 1. The van der Waals surface area contributed by atoms with Crippen molar-refractivity contribution in [2.45, 2.75) is 42.9 Å². The molecule has 2 heterocycles. The Morgan fingerprint density at radius 3 is 2.50 bits per heavy atom. The number of nitrogens with one attached hydrogen (secondary N) is 2. The topological polar surface area (TPSA) is 81.0 Å². The first-order valence-corrected chi connectivity index (χ1v) is 16.0. The van der Waals surface area contributed by atoms with Crippen molar-refractivity contribution >= 4 is 74.8 Å². The molecule has 2 saturated carbocycles. The third kappa shape index (κ3) is 5.26. The standard InChI is InChI=1S/C18H19IN5O2PS.C4H6F2/c1-23-18(26)16-13(8-15(20-9-25)22-17(16)24(23)27-19)21-12-6-5-11(10-3-4-10)7-14(12)28-2;1-3-2-4(3,5)6/h5-10,27H,3-4H2,1-2H3,(H2,20,21,22,25);3H,2H2,1H3. The predicted octanol–water partition coefficient (Wildman–Crippen LogP) is 6.10. The highest BCUT2D eigenvalue weighted by atomic mass is 127. The van der Waals surface area contributed by atoms with Crippen molar-refractivity contribution in [3.05, 3.63) is 40.2 Å². The van der Waals surface area contributed by atoms with Crippen LogP contribution in [0.5, 0.6) is 0 Å². The van der Waals surface area contributed by atoms with E-state index in [1.165, 1.54) is 18.4 Å². The van der Waals surface area contributed by atoms with Crippen LogP contribution in [0.3, 0.4) is 0 Å². The van der Waals surface area contributed by atoms with Crippen LogP contribution in [0, 0.1) is 5.92 Å². The molecule has 1 aromatic carbocycles. The van der Waals surface area contributed by atoms with Crippen LogP contribution in [-0.4, -0.2) is 32.7 Å². The van der Waals surface area contributed by atoms with Crippen molar-refractivity contribution in [3.63, 3.8) is 0 Å². The predicted molar refractivity (Wildman–Crippen MR) is 145 cm³/mol. The largest absolute Gasteiger partial charge is 0.354 e. The maximum absolute atomic E-state index is 12.9. The summed E-state index contributed by atoms with van der Waals surface area (Å²) in [5.41, 5.74) is 3.37. The number of amides is 1. The molecule has 12 heteroatoms. The summed E-state index contributed by atoms with van der Waals surface area (Å²) in [6.07, 6.45) is 5.56. The van der Waals surface area contributed by atoms with Crippen LogP contribution in [0.25, 0.3) is 11.0 Å². The molecule has 2 atom stereocenters. The minimum absolute atomic E-state index is 0.104. The Balaban J connectivity index is 0.000000398. The van der Waals surface area contributed by atoms with E-state index in [-0.39, 0.29) is 17.9 Å². The van der Waals surface area contributed by atoms with E-state index < -0.39 is 5.92 Å². The third-order valence-corrected chi connectivity index (χ3v) is 8.80. The van der Waals surface area contributed by atoms with Crippen LogP contribution in [0.2, 0.25) is 0 Å². The zero-order valence-electron chi connectivity index (χ0n) is 18.9. The number of anilines is 3. The van der Waals surface area contributed by atoms with Crippen LogP contribution in [0.4, 0.5) is 26.0 Å². The summed E-state index contributed by atoms with van der Waals surface area (Å²) in [5.74, 6) is -1.54. The van der Waals surface area contributed by atoms with Crippen molar-refractivity contribution in [1.29, 1.82) is 0 Å². The van der Waals surface area contributed by atoms with Gasteiger partial charge in [0.1, 0.15) is 11.2 Å². The second-order valence-electron chi connectivity index (χ2n) is 8.47. The van der Waals surface area contributed by atoms with E-state index in [4.69, 9.17) is 0 Å². The van der Waals surface area contributed by atoms with Crippen LogP contribution in [0.15, 0.2) is 34.0 Å². The Bertz CT molecular complexity index is 1290. The highest BCUT2D eigenvalue weighted by Gasteiger charge is 2.53. The number of nitrogens with zero attached hydrogens (tertiary/aromatic N) is 3. The molecule has 2 aliphatic carbocycles. The number of hydrogen-bond donors (Lipinski definition) is 2. The van der Waals surface area contributed by atoms with Crippen molar-refractivity contribution < 1.29 is 13.6 Å². The summed E-state index contributed by atoms with van der Waals surface area (Å²) in [5, 5.41) is 6.54. The fourth-order valence-electron chi connectivity index (χ4n) is 3.60. The Morgan fingerprint density at radius 2 is 1.97 bits per heavy atom. The minimum Gasteiger partial charge on any atom is -0.354 e. The zero-order valence-corrected chi connectivity index (χ0v) is 22.8. The average Bonchev–Trinajstić information content (AvgIpc) is 3.71. The number of halogens is 3. The lowest BCUT2D eigenvalue weighted by molar-refractivity contribution is -0.105. The quantitative estimate of drug-likeness (QED) is 0.145. The molecule has 0 bridgehead atoms. The molecule has 0 aliphatic heterocycles. The number of pyridine rings is 1. The molecule has 2 aliphatic rings. The fourth-order valence-corrected chi connectivity index (χ4v) is 6.29. The first-order valence-electron chi connectivity index (χ1n) is 10.7. The molecule has 34 heavy (non-hydrogen) atoms. The molecule has 2 fully saturated rings. The first-order chi connectivity index (χ1) is 16.2. The zero-order chi connectivity index (χ0) is 24.6. The Kier molecular flexibility index (Phi) is 7.54. The molecule has 2 unspecified atom stereocenters. The monoisotopic (exact) mass is 619 g/mol. The number of alkyl halides is 2. The van der Waals surface area contributed by atoms with Gasteiger partial charge >= 0.3 is 0 Å². The van der Waals surface area contributed by atoms with Gasteiger partial charge in [-0.05, 0) is 64.8 Å². The summed E-state index contributed by atoms with van der Waals surface area (Å²) in [7, 11) is 1.73. The number of carbonyl (C=O) groups excluding carboxylic acids is 1. The van der Waals surface area contributed by atoms with E-state index in [0.717, 1.165) is 10.6 Å². The van der Waals surface area contributed by atoms with Crippen LogP contribution in [0.1, 0.15) is 37.7 Å². The van der Waals surface area contributed by atoms with E-state index >= 15 is 0 Å². The van der Waals surface area contributed by atoms with E-state index in [0.29, 0.717) is 41.2 Å². The number of carbonyl (C=O) groups is 1. The van der Waals surface area contributed by atoms with Crippen molar-refractivity contribution in [2.24, 2.45) is 13.0 Å². The van der Waals surface area contributed by atoms with Gasteiger partial charge in [-0.15, -0.1) is 11.8 Å². The molecule has 0 radical (unpaired) electrons. The van der Waals surface area contributed by atoms with Gasteiger partial charge in [-0.2, -0.15) is 0 Å². The summed E-state index contributed by atoms with van der Waals surface area (Å²) < 4.78 is 26.4. The average molecular weight is 619 g/mol. The molecule has 2 aromatic heterocycles. The highest BCUT2D eigenvalue weighted by Crippen LogP contribution is 2.47. The first kappa shape index (κ1) is 25.4. The normalized spacial score (nSPS) is 18.6. The molecule has 0 spiro atoms. The van der Waals surface area contributed by atoms with Gasteiger partial charge in [-0.3, -0.25) is 9.59 Å². The number of fused-ring (bicyclic) bond motifs is 1. The van der Waals surface area contributed by atoms with Gasteiger partial charge in [0.2, 0.25) is 6.41 Å². The van der Waals surface area contributed by atoms with Crippen molar-refractivity contribution in [3.8, 4) is 0 Å². The summed E-state index contributed by atoms with van der Waals surface area (Å²) in [6, 6.07) is 8.15. The maximum Gasteiger partial charge on any atom is 0.278 e. The Labute approximate surface area is 214 Å². The van der Waals surface area contributed by atoms with Gasteiger partial charge in [0, 0.05) is 30.3 Å². The van der Waals surface area contributed by atoms with Gasteiger partial charge in [0.25, 0.3) is 11.5 Å². The minimum atomic E-state index is -2.29. The van der Waals surface area contributed by atoms with Crippen LogP contribution < -0.4 is 16.2 Å². The number of rotatable bonds is 7. The summed E-state index contributed by atoms with van der Waals surface area (Å²) in [4.78, 5) is 29.4. The molecule has 5 rings (SSSR count). The molecular weight excluding hydrogens is 594 g/mol. The lowest BCUT2D eigenvalue weighted by Crippen LogP contribution is -2.15. The smallest absolute Gasteiger partial charge is 0.278 e. The van der Waals surface area contributed by atoms with Crippen molar-refractivity contribution in [2.75, 3.05) is 16.9 Å². The maximum atomic E-state index is 12.9. The molecule has 2 N–H and O–H groups in total. The molecule has 3 aromatic rings. The van der Waals surface area contributed by atoms with Crippen LogP contribution in [-0.2, 0) is 11.8 Å². The van der Waals surface area contributed by atoms with E-state index in [1.807, 2.05) is 10.7 Å². The molecule has 7 nitrogen and oxygen atoms in total. The Hall–Kier alpha value is -1.72. The lowest BCUT2D eigenvalue weighted by atomic mass is 10.1. The van der Waals surface area contributed by atoms with Gasteiger partial charge in [-0.25, -0.2) is 22.9 Å². The fraction of sp³-hybridized carbons (Fsp3) is 0.409. The second-order valence-corrected chi connectivity index (χ2v) is 11.4. The Morgan fingerprint density at radius 1 is 1.29 bits per heavy atom. The summed E-state index contributed by atoms with van der Waals surface area (Å²) >= 11 is 3.89. The molecule has 0 saturated heterocycles. The molecular formula is C22H25F2IN5O2PS. The number of hydrogen-bond acceptors (Lipinski definition) is 5. The van der Waals surface area contributed by atoms with Gasteiger partial charge < -0.3 is 10.6 Å². The SMILES string of the molecule is CC1CC1(F)F.CSc1cc(C2CC2)ccc1Nc1cc(NC=O)nc2c1c(=O)n(C)n2PI. The highest BCUT2D eigenvalue weighted by molar-refractivity contribution is 14.2. The molecule has 182 valence electrons. The number of aromatic nitrogens is 3. The second kappa shape index (κ2) is 10.1. The third-order valence-electron chi connectivity index (χ3n) is 5.98. The van der Waals surface area contributed by atoms with Gasteiger partial charge in [-0.1, -0.05) is 13.0 Å².